The number of nitrogens with two attached hydrogens (primary N) is 1. The van der Waals surface area contributed by atoms with Crippen molar-refractivity contribution in [1.82, 2.24) is 20.9 Å². The number of hydrogen-bond donors (Lipinski definition) is 8. The van der Waals surface area contributed by atoms with Gasteiger partial charge >= 0.3 is 11.9 Å². The van der Waals surface area contributed by atoms with Gasteiger partial charge in [0.2, 0.25) is 17.7 Å². The van der Waals surface area contributed by atoms with Gasteiger partial charge in [0, 0.05) is 29.9 Å². The van der Waals surface area contributed by atoms with Gasteiger partial charge in [0.05, 0.1) is 12.6 Å². The molecule has 1 aromatic carbocycles. The predicted molar refractivity (Wildman–Crippen MR) is 123 cm³/mol. The lowest BCUT2D eigenvalue weighted by Crippen LogP contribution is -2.59. The van der Waals surface area contributed by atoms with Gasteiger partial charge in [-0.05, 0) is 25.0 Å². The molecule has 0 radical (unpaired) electrons. The lowest BCUT2D eigenvalue weighted by Gasteiger charge is -2.25. The third-order valence-electron chi connectivity index (χ3n) is 5.26. The lowest BCUT2D eigenvalue weighted by atomic mass is 10.0. The summed E-state index contributed by atoms with van der Waals surface area (Å²) in [6, 6.07) is 2.95. The Hall–Kier alpha value is -3.97. The number of fused-ring (bicyclic) bond motifs is 1. The SMILES string of the molecule is CC(O)C(NC(=O)CN)C(=O)NC(Cc1c[nH]c2ccccc12)C(=O)NC(CCC(=O)O)C(=O)O. The van der Waals surface area contributed by atoms with Crippen molar-refractivity contribution < 1.29 is 39.3 Å². The van der Waals surface area contributed by atoms with E-state index >= 15 is 0 Å². The molecular weight excluding hydrogens is 462 g/mol. The first-order valence-electron chi connectivity index (χ1n) is 10.8. The normalized spacial score (nSPS) is 14.4. The van der Waals surface area contributed by atoms with Crippen LogP contribution in [-0.4, -0.2) is 80.7 Å². The molecule has 0 saturated carbocycles. The molecule has 0 aliphatic carbocycles. The Morgan fingerprint density at radius 1 is 1.00 bits per heavy atom. The fourth-order valence-corrected chi connectivity index (χ4v) is 3.43. The summed E-state index contributed by atoms with van der Waals surface area (Å²) in [5.74, 6) is -5.14. The van der Waals surface area contributed by atoms with Crippen molar-refractivity contribution in [1.29, 1.82) is 0 Å². The van der Waals surface area contributed by atoms with E-state index < -0.39 is 66.9 Å². The number of benzene rings is 1. The van der Waals surface area contributed by atoms with E-state index in [9.17, 15) is 34.2 Å². The fraction of sp³-hybridized carbons (Fsp3) is 0.409. The molecule has 4 unspecified atom stereocenters. The zero-order valence-electron chi connectivity index (χ0n) is 19.0. The van der Waals surface area contributed by atoms with Crippen LogP contribution in [0.4, 0.5) is 0 Å². The molecular formula is C22H29N5O8. The average Bonchev–Trinajstić information content (AvgIpc) is 3.21. The number of carbonyl (C=O) groups is 5. The minimum Gasteiger partial charge on any atom is -0.481 e. The number of carboxylic acid groups (broad SMARTS) is 2. The number of aromatic nitrogens is 1. The molecule has 9 N–H and O–H groups in total. The van der Waals surface area contributed by atoms with Crippen LogP contribution < -0.4 is 21.7 Å². The van der Waals surface area contributed by atoms with E-state index in [1.807, 2.05) is 12.1 Å². The predicted octanol–water partition coefficient (Wildman–Crippen LogP) is -1.55. The zero-order valence-corrected chi connectivity index (χ0v) is 19.0. The van der Waals surface area contributed by atoms with Crippen LogP contribution in [0.1, 0.15) is 25.3 Å². The molecule has 13 nitrogen and oxygen atoms in total. The van der Waals surface area contributed by atoms with Gasteiger partial charge in [-0.3, -0.25) is 19.2 Å². The molecule has 1 heterocycles. The Labute approximate surface area is 200 Å². The van der Waals surface area contributed by atoms with E-state index in [-0.39, 0.29) is 12.8 Å². The second-order valence-corrected chi connectivity index (χ2v) is 7.95. The van der Waals surface area contributed by atoms with Crippen LogP contribution >= 0.6 is 0 Å². The Morgan fingerprint density at radius 2 is 1.66 bits per heavy atom. The molecule has 1 aromatic heterocycles. The second-order valence-electron chi connectivity index (χ2n) is 7.95. The van der Waals surface area contributed by atoms with E-state index in [0.717, 1.165) is 10.9 Å². The first kappa shape index (κ1) is 27.3. The topological polar surface area (TPSA) is 224 Å². The molecule has 3 amide bonds. The summed E-state index contributed by atoms with van der Waals surface area (Å²) in [4.78, 5) is 63.0. The van der Waals surface area contributed by atoms with Crippen LogP contribution in [0, 0.1) is 0 Å². The van der Waals surface area contributed by atoms with Gasteiger partial charge in [-0.25, -0.2) is 4.79 Å². The van der Waals surface area contributed by atoms with E-state index in [2.05, 4.69) is 20.9 Å². The first-order valence-corrected chi connectivity index (χ1v) is 10.8. The molecule has 2 aromatic rings. The highest BCUT2D eigenvalue weighted by atomic mass is 16.4. The standard InChI is InChI=1S/C22H29N5O8/c1-11(28)19(27-17(29)9-23)21(33)26-16(8-12-10-24-14-5-3-2-4-13(12)14)20(32)25-15(22(34)35)6-7-18(30)31/h2-5,10-11,15-16,19,24,28H,6-9,23H2,1H3,(H,25,32)(H,26,33)(H,27,29)(H,30,31)(H,34,35). The monoisotopic (exact) mass is 491 g/mol. The molecule has 4 atom stereocenters. The second kappa shape index (κ2) is 12.5. The average molecular weight is 492 g/mol. The smallest absolute Gasteiger partial charge is 0.326 e. The van der Waals surface area contributed by atoms with Gasteiger partial charge in [-0.1, -0.05) is 18.2 Å². The Kier molecular flexibility index (Phi) is 9.73. The number of aliphatic hydroxyl groups excluding tert-OH is 1. The van der Waals surface area contributed by atoms with Crippen LogP contribution in [0.25, 0.3) is 10.9 Å². The largest absolute Gasteiger partial charge is 0.481 e. The number of rotatable bonds is 13. The Bertz CT molecular complexity index is 1080. The van der Waals surface area contributed by atoms with Crippen molar-refractivity contribution in [2.45, 2.75) is 50.4 Å². The van der Waals surface area contributed by atoms with Gasteiger partial charge in [0.1, 0.15) is 18.1 Å². The van der Waals surface area contributed by atoms with Crippen molar-refractivity contribution >= 4 is 40.6 Å². The molecule has 0 aliphatic rings. The number of amides is 3. The first-order chi connectivity index (χ1) is 16.5. The minimum absolute atomic E-state index is 0.0653. The molecule has 13 heteroatoms. The molecule has 0 fully saturated rings. The summed E-state index contributed by atoms with van der Waals surface area (Å²) in [5, 5.41) is 35.9. The lowest BCUT2D eigenvalue weighted by molar-refractivity contribution is -0.143. The Morgan fingerprint density at radius 3 is 2.26 bits per heavy atom. The highest BCUT2D eigenvalue weighted by molar-refractivity contribution is 5.94. The highest BCUT2D eigenvalue weighted by Gasteiger charge is 2.32. The van der Waals surface area contributed by atoms with Crippen LogP contribution in [0.15, 0.2) is 30.5 Å². The van der Waals surface area contributed by atoms with E-state index in [0.29, 0.717) is 5.56 Å². The number of aromatic amines is 1. The van der Waals surface area contributed by atoms with Gasteiger partial charge in [0.25, 0.3) is 0 Å². The number of aliphatic carboxylic acids is 2. The van der Waals surface area contributed by atoms with Gasteiger partial charge in [-0.15, -0.1) is 0 Å². The zero-order chi connectivity index (χ0) is 26.1. The van der Waals surface area contributed by atoms with Crippen molar-refractivity contribution in [2.75, 3.05) is 6.54 Å². The van der Waals surface area contributed by atoms with Crippen molar-refractivity contribution in [3.8, 4) is 0 Å². The van der Waals surface area contributed by atoms with Crippen LogP contribution in [0.3, 0.4) is 0 Å². The molecule has 2 rings (SSSR count). The molecule has 0 bridgehead atoms. The van der Waals surface area contributed by atoms with Crippen LogP contribution in [0.5, 0.6) is 0 Å². The third-order valence-corrected chi connectivity index (χ3v) is 5.26. The summed E-state index contributed by atoms with van der Waals surface area (Å²) in [6.45, 7) is 0.835. The molecule has 0 saturated heterocycles. The number of para-hydroxylation sites is 1. The van der Waals surface area contributed by atoms with Gasteiger partial charge < -0.3 is 42.0 Å². The van der Waals surface area contributed by atoms with E-state index in [4.69, 9.17) is 10.8 Å². The van der Waals surface area contributed by atoms with Crippen molar-refractivity contribution in [2.24, 2.45) is 5.73 Å². The molecule has 0 spiro atoms. The van der Waals surface area contributed by atoms with E-state index in [1.54, 1.807) is 18.3 Å². The number of hydrogen-bond acceptors (Lipinski definition) is 7. The minimum atomic E-state index is -1.51. The van der Waals surface area contributed by atoms with Crippen LogP contribution in [0.2, 0.25) is 0 Å². The molecule has 190 valence electrons. The maximum Gasteiger partial charge on any atom is 0.326 e. The summed E-state index contributed by atoms with van der Waals surface area (Å²) < 4.78 is 0. The summed E-state index contributed by atoms with van der Waals surface area (Å²) in [6.07, 6.45) is -0.619. The summed E-state index contributed by atoms with van der Waals surface area (Å²) >= 11 is 0. The van der Waals surface area contributed by atoms with Gasteiger partial charge in [-0.2, -0.15) is 0 Å². The van der Waals surface area contributed by atoms with Crippen molar-refractivity contribution in [3.63, 3.8) is 0 Å². The molecule has 35 heavy (non-hydrogen) atoms. The van der Waals surface area contributed by atoms with E-state index in [1.165, 1.54) is 6.92 Å². The third kappa shape index (κ3) is 7.79. The number of carbonyl (C=O) groups excluding carboxylic acids is 3. The maximum atomic E-state index is 13.1. The number of carboxylic acids is 2. The molecule has 0 aliphatic heterocycles. The fourth-order valence-electron chi connectivity index (χ4n) is 3.43. The number of H-pyrrole nitrogens is 1. The Balaban J connectivity index is 2.31. The van der Waals surface area contributed by atoms with Gasteiger partial charge in [0.15, 0.2) is 0 Å². The van der Waals surface area contributed by atoms with Crippen molar-refractivity contribution in [3.05, 3.63) is 36.0 Å². The number of nitrogens with one attached hydrogen (secondary N) is 4. The van der Waals surface area contributed by atoms with Crippen LogP contribution in [-0.2, 0) is 30.4 Å². The highest BCUT2D eigenvalue weighted by Crippen LogP contribution is 2.19. The quantitative estimate of drug-likeness (QED) is 0.162. The number of aliphatic hydroxyl groups is 1. The summed E-state index contributed by atoms with van der Waals surface area (Å²) in [5.41, 5.74) is 6.67. The summed E-state index contributed by atoms with van der Waals surface area (Å²) in [7, 11) is 0. The maximum absolute atomic E-state index is 13.1.